The van der Waals surface area contributed by atoms with Gasteiger partial charge in [-0.2, -0.15) is 0 Å². The molecule has 0 aliphatic heterocycles. The summed E-state index contributed by atoms with van der Waals surface area (Å²) < 4.78 is 6.51. The monoisotopic (exact) mass is 299 g/mol. The molecule has 2 atom stereocenters. The van der Waals surface area contributed by atoms with Crippen molar-refractivity contribution in [3.05, 3.63) is 28.2 Å². The molecule has 0 bridgehead atoms. The van der Waals surface area contributed by atoms with Crippen LogP contribution in [0, 0.1) is 5.92 Å². The molecule has 3 heteroatoms. The minimum Gasteiger partial charge on any atom is -0.496 e. The lowest BCUT2D eigenvalue weighted by molar-refractivity contribution is 0.396. The van der Waals surface area contributed by atoms with Crippen LogP contribution in [0.4, 0.5) is 0 Å². The smallest absolute Gasteiger partial charge is 0.122 e. The fourth-order valence-corrected chi connectivity index (χ4v) is 2.50. The number of nitrogens with one attached hydrogen (secondary N) is 1. The molecule has 0 amide bonds. The third-order valence-electron chi connectivity index (χ3n) is 3.06. The van der Waals surface area contributed by atoms with E-state index >= 15 is 0 Å². The van der Waals surface area contributed by atoms with Gasteiger partial charge in [0, 0.05) is 10.5 Å². The predicted molar refractivity (Wildman–Crippen MR) is 76.7 cm³/mol. The highest BCUT2D eigenvalue weighted by Gasteiger charge is 2.11. The van der Waals surface area contributed by atoms with Gasteiger partial charge in [-0.1, -0.05) is 22.9 Å². The fourth-order valence-electron chi connectivity index (χ4n) is 2.09. The van der Waals surface area contributed by atoms with Crippen molar-refractivity contribution in [1.29, 1.82) is 0 Å². The molecule has 1 aromatic rings. The summed E-state index contributed by atoms with van der Waals surface area (Å²) in [6.07, 6.45) is 2.22. The molecule has 2 nitrogen and oxygen atoms in total. The number of benzene rings is 1. The Bertz CT molecular complexity index is 354. The molecule has 0 aliphatic carbocycles. The second kappa shape index (κ2) is 7.02. The van der Waals surface area contributed by atoms with Crippen LogP contribution in [0.2, 0.25) is 0 Å². The first-order valence-electron chi connectivity index (χ1n) is 6.06. The second-order valence-corrected chi connectivity index (χ2v) is 5.61. The van der Waals surface area contributed by atoms with Gasteiger partial charge >= 0.3 is 0 Å². The van der Waals surface area contributed by atoms with E-state index in [1.807, 2.05) is 19.2 Å². The van der Waals surface area contributed by atoms with Crippen molar-refractivity contribution >= 4 is 15.9 Å². The molecular formula is C14H22BrNO. The minimum absolute atomic E-state index is 0.558. The van der Waals surface area contributed by atoms with E-state index in [1.165, 1.54) is 12.0 Å². The van der Waals surface area contributed by atoms with Gasteiger partial charge in [0.1, 0.15) is 5.75 Å². The van der Waals surface area contributed by atoms with Crippen LogP contribution in [0.1, 0.15) is 25.8 Å². The maximum absolute atomic E-state index is 5.40. The molecule has 0 saturated carbocycles. The number of hydrogen-bond acceptors (Lipinski definition) is 2. The number of hydrogen-bond donors (Lipinski definition) is 1. The Morgan fingerprint density at radius 1 is 1.35 bits per heavy atom. The van der Waals surface area contributed by atoms with Crippen molar-refractivity contribution in [3.63, 3.8) is 0 Å². The van der Waals surface area contributed by atoms with Gasteiger partial charge in [0.15, 0.2) is 0 Å². The Balaban J connectivity index is 2.69. The van der Waals surface area contributed by atoms with Gasteiger partial charge in [0.25, 0.3) is 0 Å². The summed E-state index contributed by atoms with van der Waals surface area (Å²) in [7, 11) is 3.74. The van der Waals surface area contributed by atoms with Gasteiger partial charge in [-0.25, -0.2) is 0 Å². The minimum atomic E-state index is 0.558. The number of ether oxygens (including phenoxy) is 1. The number of rotatable bonds is 6. The van der Waals surface area contributed by atoms with E-state index in [-0.39, 0.29) is 0 Å². The molecular weight excluding hydrogens is 278 g/mol. The van der Waals surface area contributed by atoms with Gasteiger partial charge in [-0.15, -0.1) is 0 Å². The zero-order valence-electron chi connectivity index (χ0n) is 11.1. The van der Waals surface area contributed by atoms with E-state index in [9.17, 15) is 0 Å². The van der Waals surface area contributed by atoms with Crippen LogP contribution in [-0.4, -0.2) is 20.2 Å². The topological polar surface area (TPSA) is 21.3 Å². The number of methoxy groups -OCH3 is 1. The maximum Gasteiger partial charge on any atom is 0.122 e. The van der Waals surface area contributed by atoms with Crippen molar-refractivity contribution in [1.82, 2.24) is 5.32 Å². The molecule has 2 unspecified atom stereocenters. The summed E-state index contributed by atoms with van der Waals surface area (Å²) in [4.78, 5) is 0. The van der Waals surface area contributed by atoms with E-state index < -0.39 is 0 Å². The lowest BCUT2D eigenvalue weighted by Crippen LogP contribution is -2.24. The van der Waals surface area contributed by atoms with E-state index in [1.54, 1.807) is 7.11 Å². The molecule has 1 aromatic carbocycles. The lowest BCUT2D eigenvalue weighted by Gasteiger charge is -2.18. The largest absolute Gasteiger partial charge is 0.496 e. The van der Waals surface area contributed by atoms with Gasteiger partial charge in [-0.05, 0) is 56.5 Å². The van der Waals surface area contributed by atoms with E-state index in [2.05, 4.69) is 41.2 Å². The Morgan fingerprint density at radius 2 is 2.06 bits per heavy atom. The van der Waals surface area contributed by atoms with Crippen LogP contribution in [0.5, 0.6) is 5.75 Å². The lowest BCUT2D eigenvalue weighted by atomic mass is 9.94. The highest BCUT2D eigenvalue weighted by Crippen LogP contribution is 2.26. The molecule has 0 fully saturated rings. The molecule has 0 saturated heterocycles. The zero-order chi connectivity index (χ0) is 12.8. The molecule has 0 aromatic heterocycles. The summed E-state index contributed by atoms with van der Waals surface area (Å²) >= 11 is 3.51. The summed E-state index contributed by atoms with van der Waals surface area (Å²) in [6, 6.07) is 6.75. The van der Waals surface area contributed by atoms with Crippen LogP contribution < -0.4 is 10.1 Å². The first-order chi connectivity index (χ1) is 8.06. The first kappa shape index (κ1) is 14.5. The fraction of sp³-hybridized carbons (Fsp3) is 0.571. The summed E-state index contributed by atoms with van der Waals surface area (Å²) in [6.45, 7) is 4.50. The van der Waals surface area contributed by atoms with Crippen molar-refractivity contribution in [2.24, 2.45) is 5.92 Å². The summed E-state index contributed by atoms with van der Waals surface area (Å²) in [5.41, 5.74) is 1.28. The Labute approximate surface area is 113 Å². The van der Waals surface area contributed by atoms with Gasteiger partial charge in [0.05, 0.1) is 7.11 Å². The van der Waals surface area contributed by atoms with Crippen LogP contribution in [0.15, 0.2) is 22.7 Å². The average molecular weight is 300 g/mol. The van der Waals surface area contributed by atoms with Crippen LogP contribution in [0.3, 0.4) is 0 Å². The van der Waals surface area contributed by atoms with Crippen LogP contribution >= 0.6 is 15.9 Å². The molecule has 0 radical (unpaired) electrons. The standard InChI is InChI=1S/C14H22BrNO/c1-10(7-11(2)16-3)8-12-9-13(15)5-6-14(12)17-4/h5-6,9-11,16H,7-8H2,1-4H3. The van der Waals surface area contributed by atoms with E-state index in [4.69, 9.17) is 4.74 Å². The summed E-state index contributed by atoms with van der Waals surface area (Å²) in [5, 5.41) is 3.28. The van der Waals surface area contributed by atoms with Gasteiger partial charge in [0.2, 0.25) is 0 Å². The quantitative estimate of drug-likeness (QED) is 0.866. The Hall–Kier alpha value is -0.540. The third-order valence-corrected chi connectivity index (χ3v) is 3.55. The van der Waals surface area contributed by atoms with Crippen molar-refractivity contribution in [2.45, 2.75) is 32.7 Å². The highest BCUT2D eigenvalue weighted by molar-refractivity contribution is 9.10. The predicted octanol–water partition coefficient (Wildman–Crippen LogP) is 3.63. The molecule has 17 heavy (non-hydrogen) atoms. The maximum atomic E-state index is 5.40. The van der Waals surface area contributed by atoms with Gasteiger partial charge < -0.3 is 10.1 Å². The van der Waals surface area contributed by atoms with Crippen molar-refractivity contribution < 1.29 is 4.74 Å². The van der Waals surface area contributed by atoms with Crippen molar-refractivity contribution in [2.75, 3.05) is 14.2 Å². The average Bonchev–Trinajstić information content (AvgIpc) is 2.29. The first-order valence-corrected chi connectivity index (χ1v) is 6.85. The third kappa shape index (κ3) is 4.68. The highest BCUT2D eigenvalue weighted by atomic mass is 79.9. The molecule has 0 spiro atoms. The van der Waals surface area contributed by atoms with E-state index in [0.717, 1.165) is 16.6 Å². The van der Waals surface area contributed by atoms with Crippen LogP contribution in [0.25, 0.3) is 0 Å². The Kier molecular flexibility index (Phi) is 6.00. The molecule has 0 aliphatic rings. The molecule has 96 valence electrons. The second-order valence-electron chi connectivity index (χ2n) is 4.69. The van der Waals surface area contributed by atoms with Gasteiger partial charge in [-0.3, -0.25) is 0 Å². The van der Waals surface area contributed by atoms with E-state index in [0.29, 0.717) is 12.0 Å². The molecule has 1 rings (SSSR count). The Morgan fingerprint density at radius 3 is 2.65 bits per heavy atom. The van der Waals surface area contributed by atoms with Crippen molar-refractivity contribution in [3.8, 4) is 5.75 Å². The number of halogens is 1. The van der Waals surface area contributed by atoms with Crippen LogP contribution in [-0.2, 0) is 6.42 Å². The normalized spacial score (nSPS) is 14.4. The SMILES string of the molecule is CNC(C)CC(C)Cc1cc(Br)ccc1OC. The summed E-state index contributed by atoms with van der Waals surface area (Å²) in [5.74, 6) is 1.62. The zero-order valence-corrected chi connectivity index (χ0v) is 12.7. The molecule has 1 N–H and O–H groups in total. The molecule has 0 heterocycles.